The first-order valence-electron chi connectivity index (χ1n) is 8.45. The number of rotatable bonds is 5. The van der Waals surface area contributed by atoms with E-state index < -0.39 is 0 Å². The maximum absolute atomic E-state index is 12.6. The minimum absolute atomic E-state index is 0.00749. The van der Waals surface area contributed by atoms with Crippen LogP contribution >= 0.6 is 0 Å². The van der Waals surface area contributed by atoms with E-state index in [-0.39, 0.29) is 11.9 Å². The van der Waals surface area contributed by atoms with Gasteiger partial charge in [-0.15, -0.1) is 0 Å². The van der Waals surface area contributed by atoms with E-state index in [0.717, 1.165) is 23.7 Å². The Labute approximate surface area is 143 Å². The molecule has 1 heterocycles. The quantitative estimate of drug-likeness (QED) is 0.749. The van der Waals surface area contributed by atoms with Crippen molar-refractivity contribution in [2.75, 3.05) is 0 Å². The number of amides is 1. The topological polar surface area (TPSA) is 34.0 Å². The van der Waals surface area contributed by atoms with Gasteiger partial charge in [0.25, 0.3) is 5.91 Å². The smallest absolute Gasteiger partial charge is 0.268 e. The fourth-order valence-electron chi connectivity index (χ4n) is 3.08. The molecule has 1 amide bonds. The van der Waals surface area contributed by atoms with Gasteiger partial charge in [0, 0.05) is 24.0 Å². The lowest BCUT2D eigenvalue weighted by Gasteiger charge is -2.14. The molecule has 0 saturated carbocycles. The Hall–Kier alpha value is -2.55. The lowest BCUT2D eigenvalue weighted by atomic mass is 10.1. The summed E-state index contributed by atoms with van der Waals surface area (Å²) in [6.45, 7) is 4.13. The van der Waals surface area contributed by atoms with E-state index in [0.29, 0.717) is 5.69 Å². The second-order valence-electron chi connectivity index (χ2n) is 6.55. The van der Waals surface area contributed by atoms with Gasteiger partial charge in [-0.25, -0.2) is 0 Å². The maximum atomic E-state index is 12.6. The molecule has 3 aromatic rings. The van der Waals surface area contributed by atoms with Crippen LogP contribution in [0.15, 0.2) is 54.6 Å². The van der Waals surface area contributed by atoms with E-state index in [1.807, 2.05) is 23.7 Å². The molecule has 3 nitrogen and oxygen atoms in total. The molecule has 0 aliphatic carbocycles. The van der Waals surface area contributed by atoms with E-state index in [4.69, 9.17) is 0 Å². The molecule has 1 aromatic heterocycles. The largest absolute Gasteiger partial charge is 0.348 e. The van der Waals surface area contributed by atoms with Gasteiger partial charge in [0.1, 0.15) is 5.69 Å². The fourth-order valence-corrected chi connectivity index (χ4v) is 3.08. The predicted molar refractivity (Wildman–Crippen MR) is 99.3 cm³/mol. The third-order valence-electron chi connectivity index (χ3n) is 4.52. The molecule has 1 atom stereocenters. The summed E-state index contributed by atoms with van der Waals surface area (Å²) in [6.07, 6.45) is 1.90. The molecule has 0 radical (unpaired) electrons. The summed E-state index contributed by atoms with van der Waals surface area (Å²) in [6, 6.07) is 18.8. The molecule has 0 unspecified atom stereocenters. The van der Waals surface area contributed by atoms with Crippen molar-refractivity contribution in [3.8, 4) is 0 Å². The predicted octanol–water partition coefficient (Wildman–Crippen LogP) is 4.24. The van der Waals surface area contributed by atoms with Crippen molar-refractivity contribution in [2.24, 2.45) is 7.05 Å². The molecule has 3 rings (SSSR count). The normalized spacial score (nSPS) is 12.3. The maximum Gasteiger partial charge on any atom is 0.268 e. The van der Waals surface area contributed by atoms with Gasteiger partial charge in [0.15, 0.2) is 0 Å². The minimum atomic E-state index is -0.00749. The van der Waals surface area contributed by atoms with Gasteiger partial charge in [-0.2, -0.15) is 0 Å². The molecule has 0 fully saturated rings. The van der Waals surface area contributed by atoms with Gasteiger partial charge >= 0.3 is 0 Å². The number of nitrogens with zero attached hydrogens (tertiary/aromatic N) is 1. The van der Waals surface area contributed by atoms with Gasteiger partial charge in [-0.05, 0) is 50.5 Å². The van der Waals surface area contributed by atoms with Crippen LogP contribution in [0.1, 0.15) is 35.0 Å². The first-order valence-corrected chi connectivity index (χ1v) is 8.45. The standard InChI is InChI=1S/C21H24N2O/c1-15-9-12-19-18(13-15)14-20(23(19)3)21(24)22-16(2)10-11-17-7-5-4-6-8-17/h4-9,12-14,16H,10-11H2,1-3H3,(H,22,24)/t16-/m0/s1. The number of fused-ring (bicyclic) bond motifs is 1. The number of benzene rings is 2. The average molecular weight is 320 g/mol. The number of carbonyl (C=O) groups excluding carboxylic acids is 1. The second kappa shape index (κ2) is 6.91. The van der Waals surface area contributed by atoms with Crippen molar-refractivity contribution in [2.45, 2.75) is 32.7 Å². The Morgan fingerprint density at radius 3 is 2.62 bits per heavy atom. The highest BCUT2D eigenvalue weighted by Gasteiger charge is 2.15. The Morgan fingerprint density at radius 1 is 1.12 bits per heavy atom. The number of hydrogen-bond acceptors (Lipinski definition) is 1. The molecule has 0 aliphatic heterocycles. The molecule has 24 heavy (non-hydrogen) atoms. The van der Waals surface area contributed by atoms with Crippen LogP contribution in [0.3, 0.4) is 0 Å². The summed E-state index contributed by atoms with van der Waals surface area (Å²) in [5.74, 6) is -0.00749. The number of hydrogen-bond donors (Lipinski definition) is 1. The summed E-state index contributed by atoms with van der Waals surface area (Å²) in [5, 5.41) is 4.23. The van der Waals surface area contributed by atoms with Crippen LogP contribution in [-0.2, 0) is 13.5 Å². The third-order valence-corrected chi connectivity index (χ3v) is 4.52. The third kappa shape index (κ3) is 3.51. The van der Waals surface area contributed by atoms with Crippen LogP contribution in [0, 0.1) is 6.92 Å². The van der Waals surface area contributed by atoms with E-state index in [2.05, 4.69) is 61.6 Å². The van der Waals surface area contributed by atoms with Crippen molar-refractivity contribution in [1.82, 2.24) is 9.88 Å². The zero-order chi connectivity index (χ0) is 17.1. The summed E-state index contributed by atoms with van der Waals surface area (Å²) >= 11 is 0. The second-order valence-corrected chi connectivity index (χ2v) is 6.55. The SMILES string of the molecule is Cc1ccc2c(c1)cc(C(=O)N[C@@H](C)CCc1ccccc1)n2C. The van der Waals surface area contributed by atoms with Crippen LogP contribution in [0.5, 0.6) is 0 Å². The average Bonchev–Trinajstić information content (AvgIpc) is 2.90. The van der Waals surface area contributed by atoms with Gasteiger partial charge in [-0.1, -0.05) is 42.0 Å². The number of nitrogens with one attached hydrogen (secondary N) is 1. The van der Waals surface area contributed by atoms with Gasteiger partial charge < -0.3 is 9.88 Å². The van der Waals surface area contributed by atoms with Crippen molar-refractivity contribution in [1.29, 1.82) is 0 Å². The molecule has 1 N–H and O–H groups in total. The number of aryl methyl sites for hydroxylation is 3. The van der Waals surface area contributed by atoms with E-state index >= 15 is 0 Å². The first kappa shape index (κ1) is 16.3. The summed E-state index contributed by atoms with van der Waals surface area (Å²) in [5.41, 5.74) is 4.31. The van der Waals surface area contributed by atoms with Gasteiger partial charge in [0.05, 0.1) is 0 Å². The van der Waals surface area contributed by atoms with Crippen LogP contribution in [-0.4, -0.2) is 16.5 Å². The highest BCUT2D eigenvalue weighted by atomic mass is 16.2. The van der Waals surface area contributed by atoms with Crippen LogP contribution < -0.4 is 5.32 Å². The highest BCUT2D eigenvalue weighted by Crippen LogP contribution is 2.20. The van der Waals surface area contributed by atoms with Crippen LogP contribution in [0.4, 0.5) is 0 Å². The molecule has 0 aliphatic rings. The Morgan fingerprint density at radius 2 is 1.88 bits per heavy atom. The van der Waals surface area contributed by atoms with Crippen molar-refractivity contribution < 1.29 is 4.79 Å². The first-order chi connectivity index (χ1) is 11.5. The monoisotopic (exact) mass is 320 g/mol. The summed E-state index contributed by atoms with van der Waals surface area (Å²) < 4.78 is 1.97. The molecule has 0 spiro atoms. The van der Waals surface area contributed by atoms with Gasteiger partial charge in [0.2, 0.25) is 0 Å². The lowest BCUT2D eigenvalue weighted by molar-refractivity contribution is 0.0930. The van der Waals surface area contributed by atoms with E-state index in [1.165, 1.54) is 11.1 Å². The Kier molecular flexibility index (Phi) is 4.70. The Balaban J connectivity index is 1.67. The molecule has 3 heteroatoms. The van der Waals surface area contributed by atoms with Crippen molar-refractivity contribution in [3.05, 3.63) is 71.4 Å². The summed E-state index contributed by atoms with van der Waals surface area (Å²) in [7, 11) is 1.95. The summed E-state index contributed by atoms with van der Waals surface area (Å²) in [4.78, 5) is 12.6. The zero-order valence-corrected chi connectivity index (χ0v) is 14.5. The van der Waals surface area contributed by atoms with Crippen LogP contribution in [0.25, 0.3) is 10.9 Å². The molecular formula is C21H24N2O. The van der Waals surface area contributed by atoms with Crippen molar-refractivity contribution in [3.63, 3.8) is 0 Å². The van der Waals surface area contributed by atoms with Crippen molar-refractivity contribution >= 4 is 16.8 Å². The molecule has 2 aromatic carbocycles. The molecule has 0 bridgehead atoms. The lowest BCUT2D eigenvalue weighted by Crippen LogP contribution is -2.33. The molecular weight excluding hydrogens is 296 g/mol. The van der Waals surface area contributed by atoms with Crippen LogP contribution in [0.2, 0.25) is 0 Å². The molecule has 0 saturated heterocycles. The highest BCUT2D eigenvalue weighted by molar-refractivity contribution is 5.98. The zero-order valence-electron chi connectivity index (χ0n) is 14.5. The van der Waals surface area contributed by atoms with E-state index in [9.17, 15) is 4.79 Å². The molecule has 124 valence electrons. The number of aromatic nitrogens is 1. The fraction of sp³-hybridized carbons (Fsp3) is 0.286. The Bertz CT molecular complexity index is 849. The van der Waals surface area contributed by atoms with E-state index in [1.54, 1.807) is 0 Å². The number of carbonyl (C=O) groups is 1. The van der Waals surface area contributed by atoms with Gasteiger partial charge in [-0.3, -0.25) is 4.79 Å². The minimum Gasteiger partial charge on any atom is -0.348 e.